The summed E-state index contributed by atoms with van der Waals surface area (Å²) in [6.45, 7) is 0.149. The Labute approximate surface area is 141 Å². The molecule has 0 aliphatic heterocycles. The second kappa shape index (κ2) is 7.14. The summed E-state index contributed by atoms with van der Waals surface area (Å²) in [5.74, 6) is 0.192. The summed E-state index contributed by atoms with van der Waals surface area (Å²) in [6.07, 6.45) is 0.113. The quantitative estimate of drug-likeness (QED) is 0.742. The van der Waals surface area contributed by atoms with Crippen molar-refractivity contribution in [1.82, 2.24) is 9.78 Å². The number of hydrogen-bond acceptors (Lipinski definition) is 6. The van der Waals surface area contributed by atoms with Crippen LogP contribution in [0.2, 0.25) is 0 Å². The van der Waals surface area contributed by atoms with Crippen molar-refractivity contribution in [3.05, 3.63) is 52.3 Å². The molecule has 0 aliphatic rings. The van der Waals surface area contributed by atoms with E-state index in [9.17, 15) is 9.59 Å². The van der Waals surface area contributed by atoms with Gasteiger partial charge in [-0.1, -0.05) is 6.07 Å². The first-order valence-corrected chi connectivity index (χ1v) is 8.09. The maximum atomic E-state index is 12.0. The lowest BCUT2D eigenvalue weighted by Crippen LogP contribution is -2.20. The van der Waals surface area contributed by atoms with Crippen LogP contribution in [0.4, 0.5) is 5.69 Å². The highest BCUT2D eigenvalue weighted by Gasteiger charge is 2.12. The third-order valence-corrected chi connectivity index (χ3v) is 4.12. The third-order valence-electron chi connectivity index (χ3n) is 3.26. The molecule has 8 heteroatoms. The zero-order chi connectivity index (χ0) is 16.9. The summed E-state index contributed by atoms with van der Waals surface area (Å²) in [7, 11) is 1.58. The number of carbonyl (C=O) groups is 1. The molecule has 0 aliphatic carbocycles. The maximum absolute atomic E-state index is 12.0. The minimum atomic E-state index is -0.573. The van der Waals surface area contributed by atoms with Gasteiger partial charge in [0.25, 0.3) is 5.89 Å². The van der Waals surface area contributed by atoms with Gasteiger partial charge in [-0.05, 0) is 35.7 Å². The van der Waals surface area contributed by atoms with Crippen LogP contribution in [0.1, 0.15) is 6.42 Å². The fraction of sp³-hybridized carbons (Fsp3) is 0.188. The number of benzene rings is 1. The van der Waals surface area contributed by atoms with E-state index >= 15 is 0 Å². The molecule has 1 N–H and O–H groups in total. The zero-order valence-electron chi connectivity index (χ0n) is 12.9. The molecule has 0 unspecified atom stereocenters. The Kier molecular flexibility index (Phi) is 4.76. The van der Waals surface area contributed by atoms with Gasteiger partial charge in [-0.25, -0.2) is 4.79 Å². The molecule has 3 rings (SSSR count). The second-order valence-electron chi connectivity index (χ2n) is 4.90. The molecule has 0 atom stereocenters. The lowest BCUT2D eigenvalue weighted by Gasteiger charge is -2.05. The number of thiophene rings is 1. The number of methoxy groups -OCH3 is 1. The summed E-state index contributed by atoms with van der Waals surface area (Å²) in [6, 6.07) is 10.7. The lowest BCUT2D eigenvalue weighted by atomic mass is 10.3. The summed E-state index contributed by atoms with van der Waals surface area (Å²) >= 11 is 1.43. The standard InChI is InChI=1S/C16H15N3O4S/c1-22-12-6-4-11(5-7-12)17-14(20)8-9-19-16(21)23-15(18-19)13-3-2-10-24-13/h2-7,10H,8-9H2,1H3,(H,17,20). The van der Waals surface area contributed by atoms with Crippen LogP contribution in [0.3, 0.4) is 0 Å². The lowest BCUT2D eigenvalue weighted by molar-refractivity contribution is -0.116. The first kappa shape index (κ1) is 16.0. The highest BCUT2D eigenvalue weighted by molar-refractivity contribution is 7.13. The number of aryl methyl sites for hydroxylation is 1. The van der Waals surface area contributed by atoms with Crippen molar-refractivity contribution in [1.29, 1.82) is 0 Å². The average molecular weight is 345 g/mol. The summed E-state index contributed by atoms with van der Waals surface area (Å²) in [5, 5.41) is 8.73. The molecule has 0 radical (unpaired) electrons. The number of nitrogens with one attached hydrogen (secondary N) is 1. The fourth-order valence-electron chi connectivity index (χ4n) is 2.05. The Bertz CT molecular complexity index is 866. The third kappa shape index (κ3) is 3.72. The van der Waals surface area contributed by atoms with Gasteiger partial charge >= 0.3 is 5.76 Å². The van der Waals surface area contributed by atoms with Gasteiger partial charge in [-0.2, -0.15) is 4.68 Å². The number of carbonyl (C=O) groups excluding carboxylic acids is 1. The average Bonchev–Trinajstić information content (AvgIpc) is 3.23. The number of nitrogens with zero attached hydrogens (tertiary/aromatic N) is 2. The molecule has 124 valence electrons. The molecule has 2 aromatic heterocycles. The fourth-order valence-corrected chi connectivity index (χ4v) is 2.70. The Morgan fingerprint density at radius 1 is 1.33 bits per heavy atom. The molecule has 0 bridgehead atoms. The number of amides is 1. The van der Waals surface area contributed by atoms with Crippen LogP contribution in [-0.4, -0.2) is 22.8 Å². The molecule has 1 aromatic carbocycles. The predicted molar refractivity (Wildman–Crippen MR) is 90.3 cm³/mol. The van der Waals surface area contributed by atoms with Crippen molar-refractivity contribution in [3.8, 4) is 16.5 Å². The van der Waals surface area contributed by atoms with E-state index in [4.69, 9.17) is 9.15 Å². The largest absolute Gasteiger partial charge is 0.497 e. The van der Waals surface area contributed by atoms with Gasteiger partial charge in [-0.15, -0.1) is 16.4 Å². The smallest absolute Gasteiger partial charge is 0.437 e. The van der Waals surface area contributed by atoms with Crippen molar-refractivity contribution in [2.75, 3.05) is 12.4 Å². The minimum absolute atomic E-state index is 0.113. The van der Waals surface area contributed by atoms with Gasteiger partial charge in [0, 0.05) is 12.1 Å². The molecular formula is C16H15N3O4S. The Hall–Kier alpha value is -2.87. The van der Waals surface area contributed by atoms with Crippen LogP contribution in [-0.2, 0) is 11.3 Å². The van der Waals surface area contributed by atoms with Crippen LogP contribution >= 0.6 is 11.3 Å². The first-order chi connectivity index (χ1) is 11.7. The molecule has 0 saturated carbocycles. The number of aromatic nitrogens is 2. The molecule has 3 aromatic rings. The number of rotatable bonds is 6. The number of ether oxygens (including phenoxy) is 1. The molecule has 0 spiro atoms. The molecule has 0 fully saturated rings. The maximum Gasteiger partial charge on any atom is 0.437 e. The Morgan fingerprint density at radius 3 is 2.79 bits per heavy atom. The monoisotopic (exact) mass is 345 g/mol. The van der Waals surface area contributed by atoms with Crippen LogP contribution < -0.4 is 15.8 Å². The van der Waals surface area contributed by atoms with Crippen LogP contribution in [0.15, 0.2) is 51.0 Å². The van der Waals surface area contributed by atoms with E-state index in [2.05, 4.69) is 10.4 Å². The van der Waals surface area contributed by atoms with E-state index in [-0.39, 0.29) is 24.8 Å². The molecular weight excluding hydrogens is 330 g/mol. The Balaban J connectivity index is 1.59. The van der Waals surface area contributed by atoms with Gasteiger partial charge in [0.1, 0.15) is 5.75 Å². The van der Waals surface area contributed by atoms with E-state index < -0.39 is 5.76 Å². The van der Waals surface area contributed by atoms with Gasteiger partial charge in [0.15, 0.2) is 0 Å². The summed E-state index contributed by atoms with van der Waals surface area (Å²) in [5.41, 5.74) is 0.660. The first-order valence-electron chi connectivity index (χ1n) is 7.21. The topological polar surface area (TPSA) is 86.4 Å². The minimum Gasteiger partial charge on any atom is -0.497 e. The van der Waals surface area contributed by atoms with E-state index in [1.54, 1.807) is 31.4 Å². The van der Waals surface area contributed by atoms with Gasteiger partial charge in [0.2, 0.25) is 5.91 Å². The number of hydrogen-bond donors (Lipinski definition) is 1. The molecule has 7 nitrogen and oxygen atoms in total. The van der Waals surface area contributed by atoms with Crippen LogP contribution in [0, 0.1) is 0 Å². The SMILES string of the molecule is COc1ccc(NC(=O)CCn2nc(-c3cccs3)oc2=O)cc1. The van der Waals surface area contributed by atoms with Crippen molar-refractivity contribution in [2.24, 2.45) is 0 Å². The van der Waals surface area contributed by atoms with Crippen molar-refractivity contribution in [3.63, 3.8) is 0 Å². The van der Waals surface area contributed by atoms with E-state index in [0.29, 0.717) is 11.4 Å². The number of anilines is 1. The van der Waals surface area contributed by atoms with Crippen molar-refractivity contribution in [2.45, 2.75) is 13.0 Å². The van der Waals surface area contributed by atoms with Gasteiger partial charge < -0.3 is 14.5 Å². The van der Waals surface area contributed by atoms with E-state index in [0.717, 1.165) is 9.56 Å². The summed E-state index contributed by atoms with van der Waals surface area (Å²) in [4.78, 5) is 24.5. The zero-order valence-corrected chi connectivity index (χ0v) is 13.7. The molecule has 24 heavy (non-hydrogen) atoms. The van der Waals surface area contributed by atoms with Crippen LogP contribution in [0.5, 0.6) is 5.75 Å². The second-order valence-corrected chi connectivity index (χ2v) is 5.85. The van der Waals surface area contributed by atoms with E-state index in [1.165, 1.54) is 11.3 Å². The van der Waals surface area contributed by atoms with Crippen LogP contribution in [0.25, 0.3) is 10.8 Å². The highest BCUT2D eigenvalue weighted by atomic mass is 32.1. The molecule has 0 saturated heterocycles. The molecule has 1 amide bonds. The van der Waals surface area contributed by atoms with E-state index in [1.807, 2.05) is 17.5 Å². The Morgan fingerprint density at radius 2 is 2.12 bits per heavy atom. The summed E-state index contributed by atoms with van der Waals surface area (Å²) < 4.78 is 11.3. The van der Waals surface area contributed by atoms with Gasteiger partial charge in [-0.3, -0.25) is 4.79 Å². The van der Waals surface area contributed by atoms with Crippen molar-refractivity contribution < 1.29 is 13.9 Å². The van der Waals surface area contributed by atoms with Gasteiger partial charge in [0.05, 0.1) is 18.5 Å². The normalized spacial score (nSPS) is 10.5. The predicted octanol–water partition coefficient (Wildman–Crippen LogP) is 2.60. The van der Waals surface area contributed by atoms with Crippen molar-refractivity contribution >= 4 is 22.9 Å². The molecule has 2 heterocycles. The highest BCUT2D eigenvalue weighted by Crippen LogP contribution is 2.21.